The number of rotatable bonds is 3. The van der Waals surface area contributed by atoms with E-state index >= 15 is 0 Å². The third-order valence-corrected chi connectivity index (χ3v) is 5.76. The van der Waals surface area contributed by atoms with Crippen molar-refractivity contribution in [2.75, 3.05) is 5.32 Å². The van der Waals surface area contributed by atoms with Crippen molar-refractivity contribution in [3.63, 3.8) is 0 Å². The van der Waals surface area contributed by atoms with Gasteiger partial charge in [0.25, 0.3) is 0 Å². The largest absolute Gasteiger partial charge is 0.382 e. The first kappa shape index (κ1) is 14.9. The Balaban J connectivity index is 1.81. The van der Waals surface area contributed by atoms with Crippen molar-refractivity contribution < 1.29 is 0 Å². The van der Waals surface area contributed by atoms with E-state index in [1.165, 1.54) is 50.6 Å². The van der Waals surface area contributed by atoms with Crippen LogP contribution in [0.25, 0.3) is 0 Å². The molecule has 3 rings (SSSR count). The zero-order valence-corrected chi connectivity index (χ0v) is 14.0. The van der Waals surface area contributed by atoms with E-state index in [1.54, 1.807) is 11.1 Å². The summed E-state index contributed by atoms with van der Waals surface area (Å²) in [6.45, 7) is 7.22. The molecule has 21 heavy (non-hydrogen) atoms. The Hall–Kier alpha value is -0.980. The van der Waals surface area contributed by atoms with Crippen molar-refractivity contribution in [1.82, 2.24) is 0 Å². The number of aryl methyl sites for hydroxylation is 1. The van der Waals surface area contributed by atoms with E-state index in [1.807, 2.05) is 0 Å². The number of fused-ring (bicyclic) bond motifs is 1. The van der Waals surface area contributed by atoms with E-state index in [-0.39, 0.29) is 0 Å². The summed E-state index contributed by atoms with van der Waals surface area (Å²) in [5.74, 6) is 2.49. The van der Waals surface area contributed by atoms with Gasteiger partial charge in [0.1, 0.15) is 0 Å². The van der Waals surface area contributed by atoms with Crippen molar-refractivity contribution in [3.05, 3.63) is 29.3 Å². The van der Waals surface area contributed by atoms with Gasteiger partial charge in [-0.2, -0.15) is 0 Å². The highest BCUT2D eigenvalue weighted by Crippen LogP contribution is 2.37. The van der Waals surface area contributed by atoms with Crippen LogP contribution in [0.1, 0.15) is 64.0 Å². The fourth-order valence-corrected chi connectivity index (χ4v) is 4.48. The van der Waals surface area contributed by atoms with E-state index in [4.69, 9.17) is 0 Å². The van der Waals surface area contributed by atoms with Gasteiger partial charge < -0.3 is 5.32 Å². The zero-order valence-electron chi connectivity index (χ0n) is 14.0. The van der Waals surface area contributed by atoms with Crippen LogP contribution in [-0.4, -0.2) is 6.04 Å². The first-order valence-electron chi connectivity index (χ1n) is 9.02. The van der Waals surface area contributed by atoms with Crippen LogP contribution in [0.15, 0.2) is 18.2 Å². The lowest BCUT2D eigenvalue weighted by Crippen LogP contribution is -2.38. The molecule has 0 aliphatic heterocycles. The summed E-state index contributed by atoms with van der Waals surface area (Å²) in [4.78, 5) is 0. The Morgan fingerprint density at radius 3 is 2.71 bits per heavy atom. The Labute approximate surface area is 130 Å². The number of hydrogen-bond donors (Lipinski definition) is 1. The minimum atomic E-state index is 0.669. The molecule has 0 aromatic heterocycles. The van der Waals surface area contributed by atoms with E-state index in [2.05, 4.69) is 44.3 Å². The van der Waals surface area contributed by atoms with Gasteiger partial charge in [-0.3, -0.25) is 0 Å². The maximum atomic E-state index is 3.97. The molecule has 0 spiro atoms. The lowest BCUT2D eigenvalue weighted by Gasteiger charge is -2.39. The molecule has 3 atom stereocenters. The lowest BCUT2D eigenvalue weighted by molar-refractivity contribution is 0.212. The van der Waals surface area contributed by atoms with Crippen LogP contribution in [0.3, 0.4) is 0 Å². The molecule has 1 nitrogen and oxygen atoms in total. The molecule has 0 bridgehead atoms. The number of benzene rings is 1. The Bertz CT molecular complexity index is 477. The van der Waals surface area contributed by atoms with Gasteiger partial charge in [-0.25, -0.2) is 0 Å². The predicted molar refractivity (Wildman–Crippen MR) is 91.8 cm³/mol. The molecule has 2 aliphatic carbocycles. The lowest BCUT2D eigenvalue weighted by atomic mass is 9.74. The van der Waals surface area contributed by atoms with Crippen molar-refractivity contribution >= 4 is 5.69 Å². The van der Waals surface area contributed by atoms with Crippen LogP contribution in [0, 0.1) is 17.8 Å². The third kappa shape index (κ3) is 3.27. The standard InChI is InChI=1S/C20H31N/c1-14(2)17-12-11-15(3)13-20(17)21-19-10-6-8-16-7-4-5-9-18(16)19/h6,8,10,14-15,17,20-21H,4-5,7,9,11-13H2,1-3H3. The van der Waals surface area contributed by atoms with Crippen molar-refractivity contribution in [3.8, 4) is 0 Å². The second-order valence-corrected chi connectivity index (χ2v) is 7.73. The molecule has 1 fully saturated rings. The van der Waals surface area contributed by atoms with Gasteiger partial charge in [-0.15, -0.1) is 0 Å². The summed E-state index contributed by atoms with van der Waals surface area (Å²) < 4.78 is 0. The minimum Gasteiger partial charge on any atom is -0.382 e. The summed E-state index contributed by atoms with van der Waals surface area (Å²) >= 11 is 0. The van der Waals surface area contributed by atoms with Crippen LogP contribution in [0.4, 0.5) is 5.69 Å². The molecule has 2 aliphatic rings. The molecule has 3 unspecified atom stereocenters. The average molecular weight is 285 g/mol. The van der Waals surface area contributed by atoms with E-state index in [0.717, 1.165) is 17.8 Å². The fraction of sp³-hybridized carbons (Fsp3) is 0.700. The Morgan fingerprint density at radius 1 is 1.10 bits per heavy atom. The summed E-state index contributed by atoms with van der Waals surface area (Å²) in [5.41, 5.74) is 4.65. The molecule has 116 valence electrons. The van der Waals surface area contributed by atoms with Crippen molar-refractivity contribution in [2.45, 2.75) is 71.8 Å². The summed E-state index contributed by atoms with van der Waals surface area (Å²) in [6, 6.07) is 7.58. The van der Waals surface area contributed by atoms with Gasteiger partial charge in [0.15, 0.2) is 0 Å². The Morgan fingerprint density at radius 2 is 1.90 bits per heavy atom. The highest BCUT2D eigenvalue weighted by atomic mass is 14.9. The van der Waals surface area contributed by atoms with Crippen LogP contribution in [-0.2, 0) is 12.8 Å². The SMILES string of the molecule is CC1CCC(C(C)C)C(Nc2cccc3c2CCCC3)C1. The molecule has 0 saturated heterocycles. The average Bonchev–Trinajstić information content (AvgIpc) is 2.47. The van der Waals surface area contributed by atoms with Gasteiger partial charge >= 0.3 is 0 Å². The van der Waals surface area contributed by atoms with Crippen molar-refractivity contribution in [1.29, 1.82) is 0 Å². The molecule has 0 amide bonds. The first-order chi connectivity index (χ1) is 10.1. The first-order valence-corrected chi connectivity index (χ1v) is 9.02. The third-order valence-electron chi connectivity index (χ3n) is 5.76. The molecule has 0 radical (unpaired) electrons. The maximum Gasteiger partial charge on any atom is 0.0377 e. The van der Waals surface area contributed by atoms with Gasteiger partial charge in [0, 0.05) is 11.7 Å². The molecule has 1 aromatic rings. The van der Waals surface area contributed by atoms with E-state index in [9.17, 15) is 0 Å². The second kappa shape index (κ2) is 6.42. The highest BCUT2D eigenvalue weighted by Gasteiger charge is 2.31. The monoisotopic (exact) mass is 285 g/mol. The number of hydrogen-bond acceptors (Lipinski definition) is 1. The maximum absolute atomic E-state index is 3.97. The van der Waals surface area contributed by atoms with Crippen LogP contribution in [0.5, 0.6) is 0 Å². The van der Waals surface area contributed by atoms with Crippen molar-refractivity contribution in [2.24, 2.45) is 17.8 Å². The van der Waals surface area contributed by atoms with Crippen LogP contribution in [0.2, 0.25) is 0 Å². The predicted octanol–water partition coefficient (Wildman–Crippen LogP) is 5.44. The Kier molecular flexibility index (Phi) is 4.57. The summed E-state index contributed by atoms with van der Waals surface area (Å²) in [5, 5.41) is 3.97. The van der Waals surface area contributed by atoms with Gasteiger partial charge in [0.2, 0.25) is 0 Å². The topological polar surface area (TPSA) is 12.0 Å². The van der Waals surface area contributed by atoms with Gasteiger partial charge in [-0.05, 0) is 73.5 Å². The number of anilines is 1. The van der Waals surface area contributed by atoms with Crippen LogP contribution < -0.4 is 5.32 Å². The molecule has 1 N–H and O–H groups in total. The molecule has 1 saturated carbocycles. The van der Waals surface area contributed by atoms with Crippen LogP contribution >= 0.6 is 0 Å². The normalized spacial score (nSPS) is 29.2. The smallest absolute Gasteiger partial charge is 0.0377 e. The van der Waals surface area contributed by atoms with Gasteiger partial charge in [0.05, 0.1) is 0 Å². The summed E-state index contributed by atoms with van der Waals surface area (Å²) in [6.07, 6.45) is 9.42. The fourth-order valence-electron chi connectivity index (χ4n) is 4.48. The number of nitrogens with one attached hydrogen (secondary N) is 1. The van der Waals surface area contributed by atoms with E-state index in [0.29, 0.717) is 6.04 Å². The van der Waals surface area contributed by atoms with E-state index < -0.39 is 0 Å². The molecular weight excluding hydrogens is 254 g/mol. The highest BCUT2D eigenvalue weighted by molar-refractivity contribution is 5.56. The molecule has 1 aromatic carbocycles. The second-order valence-electron chi connectivity index (χ2n) is 7.73. The molecular formula is C20H31N. The molecule has 1 heteroatoms. The minimum absolute atomic E-state index is 0.669. The quantitative estimate of drug-likeness (QED) is 0.780. The zero-order chi connectivity index (χ0) is 14.8. The molecule has 0 heterocycles. The van der Waals surface area contributed by atoms with Gasteiger partial charge in [-0.1, -0.05) is 39.3 Å². The summed E-state index contributed by atoms with van der Waals surface area (Å²) in [7, 11) is 0.